The van der Waals surface area contributed by atoms with Crippen LogP contribution >= 0.6 is 0 Å². The van der Waals surface area contributed by atoms with Crippen LogP contribution in [0.2, 0.25) is 0 Å². The molecule has 0 aliphatic heterocycles. The predicted molar refractivity (Wildman–Crippen MR) is 63.8 cm³/mol. The molecular weight excluding hydrogens is 278 g/mol. The normalized spacial score (nSPS) is 10.6. The highest BCUT2D eigenvalue weighted by molar-refractivity contribution is 5.98. The van der Waals surface area contributed by atoms with E-state index in [1.807, 2.05) is 0 Å². The summed E-state index contributed by atoms with van der Waals surface area (Å²) in [6.45, 7) is -1.86. The zero-order valence-corrected chi connectivity index (χ0v) is 10.2. The molecule has 0 atom stereocenters. The number of aliphatic hydroxyl groups is 1. The molecule has 0 saturated carbocycles. The van der Waals surface area contributed by atoms with Crippen molar-refractivity contribution in [1.29, 1.82) is 0 Å². The number of alkyl halides is 2. The Hall–Kier alpha value is -2.29. The van der Waals surface area contributed by atoms with Gasteiger partial charge in [-0.3, -0.25) is 14.9 Å². The van der Waals surface area contributed by atoms with Crippen molar-refractivity contribution in [2.45, 2.75) is 6.43 Å². The molecule has 0 aromatic heterocycles. The van der Waals surface area contributed by atoms with Crippen molar-refractivity contribution in [2.24, 2.45) is 0 Å². The van der Waals surface area contributed by atoms with Crippen molar-refractivity contribution in [3.05, 3.63) is 33.9 Å². The highest BCUT2D eigenvalue weighted by Gasteiger charge is 2.26. The molecule has 0 spiro atoms. The smallest absolute Gasteiger partial charge is 0.311 e. The van der Waals surface area contributed by atoms with Gasteiger partial charge in [0.2, 0.25) is 5.75 Å². The van der Waals surface area contributed by atoms with Crippen LogP contribution in [0.5, 0.6) is 5.75 Å². The minimum atomic E-state index is -2.83. The Bertz CT molecular complexity index is 510. The van der Waals surface area contributed by atoms with E-state index in [9.17, 15) is 28.8 Å². The summed E-state index contributed by atoms with van der Waals surface area (Å²) in [6, 6.07) is 3.22. The van der Waals surface area contributed by atoms with Crippen LogP contribution in [0, 0.1) is 10.1 Å². The first-order valence-corrected chi connectivity index (χ1v) is 5.53. The maximum Gasteiger partial charge on any atom is 0.311 e. The van der Waals surface area contributed by atoms with Gasteiger partial charge in [-0.15, -0.1) is 0 Å². The number of hydrogen-bond donors (Lipinski definition) is 2. The first-order valence-electron chi connectivity index (χ1n) is 5.53. The van der Waals surface area contributed by atoms with E-state index < -0.39 is 47.4 Å². The number of nitro benzene ring substituents is 1. The molecule has 7 nitrogen and oxygen atoms in total. The van der Waals surface area contributed by atoms with Gasteiger partial charge in [-0.05, 0) is 6.07 Å². The number of phenols is 1. The molecule has 1 amide bonds. The highest BCUT2D eigenvalue weighted by Crippen LogP contribution is 2.30. The number of aliphatic hydroxyl groups excluding tert-OH is 1. The second-order valence-electron chi connectivity index (χ2n) is 3.80. The largest absolute Gasteiger partial charge is 0.502 e. The number of hydrogen-bond acceptors (Lipinski definition) is 5. The van der Waals surface area contributed by atoms with Crippen LogP contribution in [0.15, 0.2) is 18.2 Å². The quantitative estimate of drug-likeness (QED) is 0.601. The minimum absolute atomic E-state index is 0.370. The fourth-order valence-electron chi connectivity index (χ4n) is 1.58. The van der Waals surface area contributed by atoms with Gasteiger partial charge in [0.05, 0.1) is 23.6 Å². The molecule has 0 aliphatic carbocycles. The van der Waals surface area contributed by atoms with E-state index in [1.165, 1.54) is 0 Å². The first kappa shape index (κ1) is 15.8. The number of aromatic hydroxyl groups is 1. The molecular formula is C11H12F2N2O5. The zero-order valence-electron chi connectivity index (χ0n) is 10.2. The third-order valence-corrected chi connectivity index (χ3v) is 2.46. The van der Waals surface area contributed by atoms with Gasteiger partial charge in [-0.2, -0.15) is 0 Å². The van der Waals surface area contributed by atoms with Crippen LogP contribution < -0.4 is 0 Å². The number of nitro groups is 1. The SMILES string of the molecule is O=C(c1cccc([N+](=O)[O-])c1O)N(CCO)CC(F)F. The van der Waals surface area contributed by atoms with E-state index in [2.05, 4.69) is 0 Å². The van der Waals surface area contributed by atoms with Crippen LogP contribution in [-0.2, 0) is 0 Å². The number of phenolic OH excluding ortho intramolecular Hbond substituents is 1. The average Bonchev–Trinajstić information content (AvgIpc) is 2.37. The summed E-state index contributed by atoms with van der Waals surface area (Å²) in [4.78, 5) is 22.3. The fraction of sp³-hybridized carbons (Fsp3) is 0.364. The Balaban J connectivity index is 3.11. The number of para-hydroxylation sites is 1. The molecule has 1 aromatic rings. The Morgan fingerprint density at radius 2 is 2.10 bits per heavy atom. The monoisotopic (exact) mass is 290 g/mol. The number of carbonyl (C=O) groups excluding carboxylic acids is 1. The molecule has 0 unspecified atom stereocenters. The molecule has 20 heavy (non-hydrogen) atoms. The number of carbonyl (C=O) groups is 1. The van der Waals surface area contributed by atoms with Gasteiger partial charge >= 0.3 is 5.69 Å². The molecule has 110 valence electrons. The van der Waals surface area contributed by atoms with Gasteiger partial charge in [0, 0.05) is 12.6 Å². The molecule has 0 saturated heterocycles. The molecule has 0 fully saturated rings. The van der Waals surface area contributed by atoms with Crippen molar-refractivity contribution in [3.8, 4) is 5.75 Å². The lowest BCUT2D eigenvalue weighted by molar-refractivity contribution is -0.385. The predicted octanol–water partition coefficient (Wildman–Crippen LogP) is 1.000. The van der Waals surface area contributed by atoms with E-state index in [-0.39, 0.29) is 6.54 Å². The first-order chi connectivity index (χ1) is 9.38. The van der Waals surface area contributed by atoms with Gasteiger partial charge in [-0.25, -0.2) is 8.78 Å². The van der Waals surface area contributed by atoms with E-state index >= 15 is 0 Å². The third-order valence-electron chi connectivity index (χ3n) is 2.46. The van der Waals surface area contributed by atoms with Crippen LogP contribution in [-0.4, -0.2) is 52.1 Å². The van der Waals surface area contributed by atoms with Crippen molar-refractivity contribution in [3.63, 3.8) is 0 Å². The Labute approximate surface area is 112 Å². The van der Waals surface area contributed by atoms with Crippen molar-refractivity contribution < 1.29 is 28.7 Å². The Morgan fingerprint density at radius 1 is 1.45 bits per heavy atom. The third kappa shape index (κ3) is 3.60. The Kier molecular flexibility index (Phi) is 5.32. The van der Waals surface area contributed by atoms with E-state index in [0.29, 0.717) is 4.90 Å². The molecule has 9 heteroatoms. The lowest BCUT2D eigenvalue weighted by atomic mass is 10.1. The second kappa shape index (κ2) is 6.75. The molecule has 1 aromatic carbocycles. The topological polar surface area (TPSA) is 104 Å². The van der Waals surface area contributed by atoms with Crippen molar-refractivity contribution in [2.75, 3.05) is 19.7 Å². The van der Waals surface area contributed by atoms with Crippen LogP contribution in [0.3, 0.4) is 0 Å². The summed E-state index contributed by atoms with van der Waals surface area (Å²) in [5.41, 5.74) is -1.16. The van der Waals surface area contributed by atoms with Gasteiger partial charge < -0.3 is 15.1 Å². The molecule has 0 bridgehead atoms. The zero-order chi connectivity index (χ0) is 15.3. The van der Waals surface area contributed by atoms with Gasteiger partial charge in [0.1, 0.15) is 0 Å². The standard InChI is InChI=1S/C11H12F2N2O5/c12-9(13)6-14(4-5-16)11(18)7-2-1-3-8(10(7)17)15(19)20/h1-3,9,16-17H,4-6H2. The summed E-state index contributed by atoms with van der Waals surface area (Å²) < 4.78 is 24.7. The summed E-state index contributed by atoms with van der Waals surface area (Å²) >= 11 is 0. The van der Waals surface area contributed by atoms with E-state index in [0.717, 1.165) is 18.2 Å². The van der Waals surface area contributed by atoms with Crippen molar-refractivity contribution >= 4 is 11.6 Å². The number of amides is 1. The molecule has 0 radical (unpaired) electrons. The van der Waals surface area contributed by atoms with Gasteiger partial charge in [0.15, 0.2) is 0 Å². The highest BCUT2D eigenvalue weighted by atomic mass is 19.3. The van der Waals surface area contributed by atoms with Crippen LogP contribution in [0.25, 0.3) is 0 Å². The maximum atomic E-state index is 12.3. The Morgan fingerprint density at radius 3 is 2.60 bits per heavy atom. The van der Waals surface area contributed by atoms with E-state index in [1.54, 1.807) is 0 Å². The molecule has 0 heterocycles. The van der Waals surface area contributed by atoms with Crippen molar-refractivity contribution in [1.82, 2.24) is 4.90 Å². The van der Waals surface area contributed by atoms with E-state index in [4.69, 9.17) is 5.11 Å². The maximum absolute atomic E-state index is 12.3. The van der Waals surface area contributed by atoms with Crippen LogP contribution in [0.4, 0.5) is 14.5 Å². The minimum Gasteiger partial charge on any atom is -0.502 e. The van der Waals surface area contributed by atoms with Gasteiger partial charge in [0.25, 0.3) is 12.3 Å². The lowest BCUT2D eigenvalue weighted by Gasteiger charge is -2.21. The summed E-state index contributed by atoms with van der Waals surface area (Å²) in [5, 5.41) is 29.0. The number of halogens is 2. The van der Waals surface area contributed by atoms with Crippen LogP contribution in [0.1, 0.15) is 10.4 Å². The second-order valence-corrected chi connectivity index (χ2v) is 3.80. The fourth-order valence-corrected chi connectivity index (χ4v) is 1.58. The average molecular weight is 290 g/mol. The van der Waals surface area contributed by atoms with Gasteiger partial charge in [-0.1, -0.05) is 6.07 Å². The lowest BCUT2D eigenvalue weighted by Crippen LogP contribution is -2.37. The molecule has 0 aliphatic rings. The molecule has 1 rings (SSSR count). The summed E-state index contributed by atoms with van der Waals surface area (Å²) in [5.74, 6) is -1.90. The number of rotatable bonds is 6. The summed E-state index contributed by atoms with van der Waals surface area (Å²) in [6.07, 6.45) is -2.83. The molecule has 2 N–H and O–H groups in total. The number of benzene rings is 1. The number of nitrogens with zero attached hydrogens (tertiary/aromatic N) is 2. The summed E-state index contributed by atoms with van der Waals surface area (Å²) in [7, 11) is 0.